The number of rotatable bonds is 10. The highest BCUT2D eigenvalue weighted by molar-refractivity contribution is 5.96. The van der Waals surface area contributed by atoms with E-state index >= 15 is 0 Å². The molecule has 3 amide bonds. The number of aryl methyl sites for hydroxylation is 1. The fourth-order valence-corrected chi connectivity index (χ4v) is 8.97. The van der Waals surface area contributed by atoms with Gasteiger partial charge in [-0.3, -0.25) is 29.2 Å². The van der Waals surface area contributed by atoms with Gasteiger partial charge in [-0.2, -0.15) is 0 Å². The summed E-state index contributed by atoms with van der Waals surface area (Å²) in [6, 6.07) is 12.8. The molecule has 2 aromatic carbocycles. The summed E-state index contributed by atoms with van der Waals surface area (Å²) >= 11 is 0. The SMILES string of the molecule is CCn1c(-c2cccnc2COC)c2c3cc(ccc31)-c1cc(O)cc(c1)C[C@H](NC(=O)C(C(C)C)N(C)C(=O)CNC1=NCCO1)C(=O)N1CCC[C@H](N1)C(=O)OCC(C)(C)C2. The molecule has 4 N–H and O–H groups in total. The van der Waals surface area contributed by atoms with E-state index in [4.69, 9.17) is 19.2 Å². The number of carbonyl (C=O) groups is 4. The van der Waals surface area contributed by atoms with Crippen molar-refractivity contribution in [2.24, 2.45) is 16.3 Å². The second-order valence-corrected chi connectivity index (χ2v) is 17.7. The van der Waals surface area contributed by atoms with Crippen LogP contribution in [0.15, 0.2) is 59.7 Å². The fraction of sp³-hybridized carbons (Fsp3) is 0.489. The van der Waals surface area contributed by atoms with Crippen LogP contribution in [0.5, 0.6) is 5.75 Å². The normalized spacial score (nSPS) is 19.5. The van der Waals surface area contributed by atoms with E-state index in [0.717, 1.165) is 44.5 Å². The first kappa shape index (κ1) is 45.0. The minimum absolute atomic E-state index is 0.00177. The Hall–Kier alpha value is -6.00. The van der Waals surface area contributed by atoms with Gasteiger partial charge in [0.2, 0.25) is 11.8 Å². The van der Waals surface area contributed by atoms with Crippen molar-refractivity contribution in [3.63, 3.8) is 0 Å². The molecule has 5 heterocycles. The highest BCUT2D eigenvalue weighted by Crippen LogP contribution is 2.41. The first-order chi connectivity index (χ1) is 30.2. The van der Waals surface area contributed by atoms with Gasteiger partial charge in [0, 0.05) is 61.7 Å². The minimum Gasteiger partial charge on any atom is -0.508 e. The number of hydrogen-bond donors (Lipinski definition) is 4. The number of aromatic hydroxyl groups is 1. The molecule has 1 unspecified atom stereocenters. The maximum atomic E-state index is 14.6. The van der Waals surface area contributed by atoms with Gasteiger partial charge in [0.25, 0.3) is 11.9 Å². The van der Waals surface area contributed by atoms with Gasteiger partial charge in [-0.25, -0.2) is 10.4 Å². The van der Waals surface area contributed by atoms with Gasteiger partial charge < -0.3 is 39.4 Å². The number of phenols is 1. The zero-order valence-electron chi connectivity index (χ0n) is 37.3. The monoisotopic (exact) mass is 864 g/mol. The second-order valence-electron chi connectivity index (χ2n) is 17.7. The molecule has 1 saturated heterocycles. The van der Waals surface area contributed by atoms with Crippen molar-refractivity contribution < 1.29 is 38.5 Å². The Morgan fingerprint density at radius 1 is 1.11 bits per heavy atom. The third-order valence-electron chi connectivity index (χ3n) is 12.0. The van der Waals surface area contributed by atoms with Gasteiger partial charge in [-0.1, -0.05) is 39.8 Å². The summed E-state index contributed by atoms with van der Waals surface area (Å²) in [7, 11) is 3.21. The van der Waals surface area contributed by atoms with Gasteiger partial charge in [0.1, 0.15) is 30.5 Å². The number of hydrogen-bond acceptors (Lipinski definition) is 12. The van der Waals surface area contributed by atoms with E-state index < -0.39 is 41.3 Å². The lowest BCUT2D eigenvalue weighted by Gasteiger charge is -2.36. The van der Waals surface area contributed by atoms with E-state index in [1.165, 1.54) is 9.91 Å². The van der Waals surface area contributed by atoms with Gasteiger partial charge in [-0.15, -0.1) is 0 Å². The van der Waals surface area contributed by atoms with Crippen molar-refractivity contribution in [2.45, 2.75) is 91.6 Å². The summed E-state index contributed by atoms with van der Waals surface area (Å²) in [5.74, 6) is -2.17. The van der Waals surface area contributed by atoms with Crippen LogP contribution in [0.4, 0.5) is 0 Å². The number of ether oxygens (including phenoxy) is 3. The molecular formula is C47H60N8O8. The van der Waals surface area contributed by atoms with Crippen molar-refractivity contribution in [1.29, 1.82) is 0 Å². The number of amides is 3. The number of aromatic nitrogens is 2. The predicted molar refractivity (Wildman–Crippen MR) is 238 cm³/mol. The molecule has 4 aromatic rings. The average molecular weight is 865 g/mol. The van der Waals surface area contributed by atoms with Gasteiger partial charge >= 0.3 is 5.97 Å². The lowest BCUT2D eigenvalue weighted by molar-refractivity contribution is -0.155. The third kappa shape index (κ3) is 9.97. The minimum atomic E-state index is -1.15. The zero-order chi connectivity index (χ0) is 45.0. The zero-order valence-corrected chi connectivity index (χ0v) is 37.3. The number of pyridine rings is 1. The molecule has 3 aliphatic heterocycles. The molecule has 0 saturated carbocycles. The quantitative estimate of drug-likeness (QED) is 0.166. The Kier molecular flexibility index (Phi) is 13.7. The van der Waals surface area contributed by atoms with Crippen LogP contribution in [0.2, 0.25) is 0 Å². The summed E-state index contributed by atoms with van der Waals surface area (Å²) < 4.78 is 19.3. The molecule has 3 aliphatic rings. The maximum absolute atomic E-state index is 14.6. The Bertz CT molecular complexity index is 2390. The molecule has 7 rings (SSSR count). The van der Waals surface area contributed by atoms with Crippen molar-refractivity contribution in [1.82, 2.24) is 35.5 Å². The molecule has 1 fully saturated rings. The van der Waals surface area contributed by atoms with Crippen LogP contribution in [0, 0.1) is 11.3 Å². The Labute approximate surface area is 368 Å². The number of amidine groups is 1. The first-order valence-corrected chi connectivity index (χ1v) is 21.8. The van der Waals surface area contributed by atoms with Gasteiger partial charge in [-0.05, 0) is 90.8 Å². The fourth-order valence-electron chi connectivity index (χ4n) is 8.97. The van der Waals surface area contributed by atoms with E-state index in [2.05, 4.69) is 64.6 Å². The number of aliphatic imine (C=N–C) groups is 1. The predicted octanol–water partition coefficient (Wildman–Crippen LogP) is 4.35. The van der Waals surface area contributed by atoms with Crippen molar-refractivity contribution in [3.05, 3.63) is 71.5 Å². The molecule has 6 bridgehead atoms. The van der Waals surface area contributed by atoms with Crippen LogP contribution < -0.4 is 16.1 Å². The van der Waals surface area contributed by atoms with E-state index in [-0.39, 0.29) is 49.7 Å². The molecule has 336 valence electrons. The number of benzene rings is 2. The highest BCUT2D eigenvalue weighted by Gasteiger charge is 2.38. The average Bonchev–Trinajstić information content (AvgIpc) is 3.89. The molecule has 0 spiro atoms. The highest BCUT2D eigenvalue weighted by atomic mass is 16.5. The molecular weight excluding hydrogens is 805 g/mol. The molecule has 0 radical (unpaired) electrons. The molecule has 63 heavy (non-hydrogen) atoms. The number of hydrazine groups is 1. The van der Waals surface area contributed by atoms with E-state index in [1.807, 2.05) is 32.0 Å². The summed E-state index contributed by atoms with van der Waals surface area (Å²) in [5.41, 5.74) is 9.59. The van der Waals surface area contributed by atoms with Crippen LogP contribution in [0.1, 0.15) is 64.3 Å². The van der Waals surface area contributed by atoms with Crippen LogP contribution in [-0.2, 0) is 59.4 Å². The summed E-state index contributed by atoms with van der Waals surface area (Å²) in [5, 5.41) is 19.5. The smallest absolute Gasteiger partial charge is 0.324 e. The molecule has 16 nitrogen and oxygen atoms in total. The van der Waals surface area contributed by atoms with E-state index in [1.54, 1.807) is 32.5 Å². The van der Waals surface area contributed by atoms with Crippen LogP contribution >= 0.6 is 0 Å². The molecule has 2 aromatic heterocycles. The van der Waals surface area contributed by atoms with Crippen molar-refractivity contribution in [3.8, 4) is 28.1 Å². The number of carbonyl (C=O) groups excluding carboxylic acids is 4. The first-order valence-electron chi connectivity index (χ1n) is 21.8. The summed E-state index contributed by atoms with van der Waals surface area (Å²) in [6.45, 7) is 12.1. The number of fused-ring (bicyclic) bond motifs is 6. The standard InChI is InChI=1S/C47H60N8O8/c1-8-54-39-14-13-30-23-34(39)35(42(54)33-11-9-15-48-38(33)26-61-7)24-47(4,5)27-63-45(60)36-12-10-17-55(52-36)44(59)37(21-29-19-31(30)22-32(56)20-29)51-43(58)41(28(2)3)53(6)40(57)25-50-46-49-16-18-62-46/h9,11,13-15,19-20,22-23,28,36-37,41,52,56H,8,10,12,16-18,21,24-27H2,1-7H3,(H,49,50)(H,51,58)/t36-,37-,41?/m0/s1. The second kappa shape index (κ2) is 19.2. The molecule has 16 heteroatoms. The van der Waals surface area contributed by atoms with Gasteiger partial charge in [0.05, 0.1) is 37.7 Å². The Morgan fingerprint density at radius 3 is 2.65 bits per heavy atom. The lowest BCUT2D eigenvalue weighted by Crippen LogP contribution is -2.62. The number of nitrogens with one attached hydrogen (secondary N) is 3. The van der Waals surface area contributed by atoms with Crippen LogP contribution in [0.3, 0.4) is 0 Å². The molecule has 3 atom stereocenters. The number of esters is 1. The lowest BCUT2D eigenvalue weighted by atomic mass is 9.84. The van der Waals surface area contributed by atoms with Crippen LogP contribution in [0.25, 0.3) is 33.3 Å². The summed E-state index contributed by atoms with van der Waals surface area (Å²) in [6.07, 6.45) is 3.28. The number of phenolic OH excluding ortho intramolecular Hbond substituents is 1. The van der Waals surface area contributed by atoms with Gasteiger partial charge in [0.15, 0.2) is 0 Å². The number of likely N-dealkylation sites (N-methyl/N-ethyl adjacent to an activating group) is 1. The topological polar surface area (TPSA) is 189 Å². The van der Waals surface area contributed by atoms with Crippen molar-refractivity contribution >= 4 is 40.6 Å². The largest absolute Gasteiger partial charge is 0.508 e. The van der Waals surface area contributed by atoms with E-state index in [0.29, 0.717) is 51.1 Å². The third-order valence-corrected chi connectivity index (χ3v) is 12.0. The Morgan fingerprint density at radius 2 is 1.92 bits per heavy atom. The number of nitrogens with zero attached hydrogens (tertiary/aromatic N) is 5. The Balaban J connectivity index is 1.30. The number of cyclic esters (lactones) is 1. The maximum Gasteiger partial charge on any atom is 0.324 e. The van der Waals surface area contributed by atoms with Crippen molar-refractivity contribution in [2.75, 3.05) is 47.0 Å². The van der Waals surface area contributed by atoms with E-state index in [9.17, 15) is 24.3 Å². The number of methoxy groups -OCH3 is 1. The summed E-state index contributed by atoms with van der Waals surface area (Å²) in [4.78, 5) is 66.4. The molecule has 0 aliphatic carbocycles. The van der Waals surface area contributed by atoms with Crippen LogP contribution in [-0.4, -0.2) is 119 Å².